The number of thiazole rings is 1. The molecule has 0 saturated carbocycles. The van der Waals surface area contributed by atoms with Crippen LogP contribution in [0.4, 0.5) is 0 Å². The number of Topliss-reactive ketones (excluding diaryl/α,β-unsaturated/α-hetero) is 1. The van der Waals surface area contributed by atoms with Crippen LogP contribution in [0.5, 0.6) is 0 Å². The van der Waals surface area contributed by atoms with E-state index >= 15 is 0 Å². The van der Waals surface area contributed by atoms with Gasteiger partial charge in [0.05, 0.1) is 17.0 Å². The number of hydrogen-bond donors (Lipinski definition) is 0. The fourth-order valence-corrected chi connectivity index (χ4v) is 4.83. The molecule has 0 unspecified atom stereocenters. The Morgan fingerprint density at radius 2 is 1.89 bits per heavy atom. The van der Waals surface area contributed by atoms with Crippen LogP contribution in [0.3, 0.4) is 0 Å². The average Bonchev–Trinajstić information content (AvgIpc) is 3.11. The van der Waals surface area contributed by atoms with Crippen LogP contribution in [0.2, 0.25) is 5.02 Å². The van der Waals surface area contributed by atoms with Crippen LogP contribution in [0, 0.1) is 0 Å². The van der Waals surface area contributed by atoms with E-state index in [0.29, 0.717) is 15.7 Å². The highest BCUT2D eigenvalue weighted by Gasteiger charge is 2.42. The number of pyridine rings is 1. The summed E-state index contributed by atoms with van der Waals surface area (Å²) < 4.78 is 24.3. The van der Waals surface area contributed by atoms with Gasteiger partial charge >= 0.3 is 0 Å². The van der Waals surface area contributed by atoms with Crippen LogP contribution < -0.4 is 0 Å². The predicted molar refractivity (Wildman–Crippen MR) is 107 cm³/mol. The minimum absolute atomic E-state index is 0.0508. The number of aromatic nitrogens is 2. The molecule has 5 nitrogen and oxygen atoms in total. The quantitative estimate of drug-likeness (QED) is 0.596. The molecule has 140 valence electrons. The SMILES string of the molecule is CC(C)(C(=O)Cc1nc(-c2cccnc2)cs1)S(=O)(=O)c1ccc(Cl)cc1. The van der Waals surface area contributed by atoms with Crippen molar-refractivity contribution in [1.82, 2.24) is 9.97 Å². The Morgan fingerprint density at radius 3 is 2.52 bits per heavy atom. The second kappa shape index (κ2) is 7.50. The number of carbonyl (C=O) groups is 1. The third-order valence-electron chi connectivity index (χ3n) is 4.29. The largest absolute Gasteiger partial charge is 0.297 e. The number of benzene rings is 1. The minimum Gasteiger partial charge on any atom is -0.297 e. The van der Waals surface area contributed by atoms with Crippen LogP contribution in [0.1, 0.15) is 18.9 Å². The number of ketones is 1. The third kappa shape index (κ3) is 3.95. The van der Waals surface area contributed by atoms with Gasteiger partial charge in [-0.2, -0.15) is 0 Å². The van der Waals surface area contributed by atoms with E-state index in [1.54, 1.807) is 18.5 Å². The first-order valence-corrected chi connectivity index (χ1v) is 10.8. The zero-order valence-electron chi connectivity index (χ0n) is 14.7. The van der Waals surface area contributed by atoms with Crippen molar-refractivity contribution < 1.29 is 13.2 Å². The molecule has 1 aromatic carbocycles. The second-order valence-electron chi connectivity index (χ2n) is 6.44. The molecule has 0 N–H and O–H groups in total. The average molecular weight is 421 g/mol. The van der Waals surface area contributed by atoms with Gasteiger partial charge in [-0.05, 0) is 50.2 Å². The monoisotopic (exact) mass is 420 g/mol. The number of carbonyl (C=O) groups excluding carboxylic acids is 1. The summed E-state index contributed by atoms with van der Waals surface area (Å²) in [6.07, 6.45) is 3.31. The molecule has 0 radical (unpaired) electrons. The summed E-state index contributed by atoms with van der Waals surface area (Å²) in [5.74, 6) is -0.412. The van der Waals surface area contributed by atoms with Crippen LogP contribution in [-0.2, 0) is 21.1 Å². The van der Waals surface area contributed by atoms with Gasteiger partial charge in [0.2, 0.25) is 0 Å². The number of sulfone groups is 1. The standard InChI is InChI=1S/C19H17ClN2O3S2/c1-19(2,27(24,25)15-7-5-14(20)6-8-15)17(23)10-18-22-16(12-26-18)13-4-3-9-21-11-13/h3-9,11-12H,10H2,1-2H3. The summed E-state index contributed by atoms with van der Waals surface area (Å²) in [5.41, 5.74) is 1.56. The van der Waals surface area contributed by atoms with Crippen molar-refractivity contribution in [3.05, 3.63) is 64.2 Å². The Morgan fingerprint density at radius 1 is 1.19 bits per heavy atom. The fraction of sp³-hybridized carbons (Fsp3) is 0.211. The Labute approximate surface area is 167 Å². The number of halogens is 1. The molecule has 0 spiro atoms. The van der Waals surface area contributed by atoms with E-state index in [-0.39, 0.29) is 11.3 Å². The summed E-state index contributed by atoms with van der Waals surface area (Å²) in [4.78, 5) is 21.4. The number of nitrogens with zero attached hydrogens (tertiary/aromatic N) is 2. The highest BCUT2D eigenvalue weighted by Crippen LogP contribution is 2.29. The molecule has 0 saturated heterocycles. The maximum absolute atomic E-state index is 12.9. The first-order valence-electron chi connectivity index (χ1n) is 8.10. The number of hydrogen-bond acceptors (Lipinski definition) is 6. The molecule has 0 atom stereocenters. The van der Waals surface area contributed by atoms with Crippen LogP contribution in [0.25, 0.3) is 11.3 Å². The van der Waals surface area contributed by atoms with Gasteiger partial charge in [-0.25, -0.2) is 13.4 Å². The maximum Gasteiger partial charge on any atom is 0.190 e. The smallest absolute Gasteiger partial charge is 0.190 e. The van der Waals surface area contributed by atoms with Crippen LogP contribution >= 0.6 is 22.9 Å². The van der Waals surface area contributed by atoms with E-state index in [2.05, 4.69) is 9.97 Å². The molecule has 0 aliphatic heterocycles. The highest BCUT2D eigenvalue weighted by molar-refractivity contribution is 7.93. The Kier molecular flexibility index (Phi) is 5.46. The lowest BCUT2D eigenvalue weighted by Gasteiger charge is -2.23. The summed E-state index contributed by atoms with van der Waals surface area (Å²) in [6, 6.07) is 9.50. The van der Waals surface area contributed by atoms with Crippen LogP contribution in [-0.4, -0.2) is 28.9 Å². The molecule has 8 heteroatoms. The Hall–Kier alpha value is -2.09. The van der Waals surface area contributed by atoms with Crippen molar-refractivity contribution in [2.45, 2.75) is 29.9 Å². The van der Waals surface area contributed by atoms with Gasteiger partial charge in [-0.15, -0.1) is 11.3 Å². The Balaban J connectivity index is 1.82. The maximum atomic E-state index is 12.9. The van der Waals surface area contributed by atoms with Crippen molar-refractivity contribution in [1.29, 1.82) is 0 Å². The third-order valence-corrected chi connectivity index (χ3v) is 7.85. The van der Waals surface area contributed by atoms with E-state index < -0.39 is 20.4 Å². The summed E-state index contributed by atoms with van der Waals surface area (Å²) >= 11 is 7.15. The normalized spacial score (nSPS) is 12.1. The molecule has 2 aromatic heterocycles. The second-order valence-corrected chi connectivity index (χ2v) is 10.3. The van der Waals surface area contributed by atoms with Crippen molar-refractivity contribution in [3.8, 4) is 11.3 Å². The molecule has 0 fully saturated rings. The molecule has 0 amide bonds. The van der Waals surface area contributed by atoms with E-state index in [0.717, 1.165) is 5.56 Å². The molecule has 0 bridgehead atoms. The van der Waals surface area contributed by atoms with Gasteiger partial charge in [0, 0.05) is 28.4 Å². The fourth-order valence-electron chi connectivity index (χ4n) is 2.45. The van der Waals surface area contributed by atoms with Gasteiger partial charge in [0.1, 0.15) is 9.75 Å². The molecular formula is C19H17ClN2O3S2. The van der Waals surface area contributed by atoms with Crippen molar-refractivity contribution in [3.63, 3.8) is 0 Å². The first-order chi connectivity index (χ1) is 12.7. The first kappa shape index (κ1) is 19.7. The lowest BCUT2D eigenvalue weighted by atomic mass is 10.1. The summed E-state index contributed by atoms with van der Waals surface area (Å²) in [6.45, 7) is 2.85. The van der Waals surface area contributed by atoms with Gasteiger partial charge in [-0.3, -0.25) is 9.78 Å². The zero-order valence-corrected chi connectivity index (χ0v) is 17.1. The van der Waals surface area contributed by atoms with Crippen molar-refractivity contribution in [2.24, 2.45) is 0 Å². The molecular weight excluding hydrogens is 404 g/mol. The molecule has 3 rings (SSSR count). The molecule has 27 heavy (non-hydrogen) atoms. The van der Waals surface area contributed by atoms with E-state index in [1.165, 1.54) is 49.4 Å². The predicted octanol–water partition coefficient (Wildman–Crippen LogP) is 4.22. The van der Waals surface area contributed by atoms with Gasteiger partial charge in [0.25, 0.3) is 0 Å². The van der Waals surface area contributed by atoms with E-state index in [9.17, 15) is 13.2 Å². The zero-order chi connectivity index (χ0) is 19.7. The highest BCUT2D eigenvalue weighted by atomic mass is 35.5. The van der Waals surface area contributed by atoms with E-state index in [1.807, 2.05) is 11.4 Å². The van der Waals surface area contributed by atoms with Crippen molar-refractivity contribution >= 4 is 38.6 Å². The minimum atomic E-state index is -3.86. The van der Waals surface area contributed by atoms with E-state index in [4.69, 9.17) is 11.6 Å². The van der Waals surface area contributed by atoms with Crippen LogP contribution in [0.15, 0.2) is 59.1 Å². The van der Waals surface area contributed by atoms with Gasteiger partial charge in [-0.1, -0.05) is 11.6 Å². The molecule has 0 aliphatic rings. The topological polar surface area (TPSA) is 77.0 Å². The molecule has 2 heterocycles. The summed E-state index contributed by atoms with van der Waals surface area (Å²) in [7, 11) is -3.86. The lowest BCUT2D eigenvalue weighted by Crippen LogP contribution is -2.41. The summed E-state index contributed by atoms with van der Waals surface area (Å²) in [5, 5.41) is 2.84. The number of rotatable bonds is 6. The Bertz CT molecular complexity index is 1060. The molecule has 3 aromatic rings. The van der Waals surface area contributed by atoms with Gasteiger partial charge in [0.15, 0.2) is 15.6 Å². The van der Waals surface area contributed by atoms with Gasteiger partial charge < -0.3 is 0 Å². The molecule has 0 aliphatic carbocycles. The van der Waals surface area contributed by atoms with Crippen molar-refractivity contribution in [2.75, 3.05) is 0 Å². The lowest BCUT2D eigenvalue weighted by molar-refractivity contribution is -0.120.